The molecule has 6 heteroatoms. The number of carbonyl (C=O) groups excluding carboxylic acids is 1. The molecular formula is C28H28FN3O2. The van der Waals surface area contributed by atoms with Crippen LogP contribution in [0.1, 0.15) is 50.5 Å². The number of unbranched alkanes of at least 4 members (excludes halogenated alkanes) is 1. The van der Waals surface area contributed by atoms with Gasteiger partial charge in [-0.3, -0.25) is 14.2 Å². The number of nitrogens with zero attached hydrogens (tertiary/aromatic N) is 3. The smallest absolute Gasteiger partial charge is 0.266 e. The summed E-state index contributed by atoms with van der Waals surface area (Å²) in [5.74, 6) is -0.225. The van der Waals surface area contributed by atoms with Crippen molar-refractivity contribution in [2.24, 2.45) is 0 Å². The average molecular weight is 458 g/mol. The maximum absolute atomic E-state index is 14.9. The topological polar surface area (TPSA) is 55.2 Å². The summed E-state index contributed by atoms with van der Waals surface area (Å²) in [6.07, 6.45) is 2.06. The minimum atomic E-state index is -0.568. The fourth-order valence-electron chi connectivity index (χ4n) is 4.13. The zero-order valence-electron chi connectivity index (χ0n) is 19.4. The highest BCUT2D eigenvalue weighted by Crippen LogP contribution is 2.26. The first-order valence-electron chi connectivity index (χ1n) is 11.6. The molecule has 174 valence electrons. The van der Waals surface area contributed by atoms with E-state index in [1.54, 1.807) is 41.3 Å². The summed E-state index contributed by atoms with van der Waals surface area (Å²) < 4.78 is 16.2. The van der Waals surface area contributed by atoms with E-state index in [-0.39, 0.29) is 17.2 Å². The molecule has 0 fully saturated rings. The van der Waals surface area contributed by atoms with Gasteiger partial charge in [0, 0.05) is 13.0 Å². The van der Waals surface area contributed by atoms with E-state index in [1.807, 2.05) is 50.2 Å². The van der Waals surface area contributed by atoms with Crippen LogP contribution in [0.2, 0.25) is 0 Å². The van der Waals surface area contributed by atoms with Crippen LogP contribution in [0.15, 0.2) is 83.7 Å². The van der Waals surface area contributed by atoms with Gasteiger partial charge in [-0.2, -0.15) is 0 Å². The van der Waals surface area contributed by atoms with Gasteiger partial charge in [0.05, 0.1) is 22.6 Å². The molecule has 0 spiro atoms. The largest absolute Gasteiger partial charge is 0.328 e. The second kappa shape index (κ2) is 10.4. The summed E-state index contributed by atoms with van der Waals surface area (Å²) in [4.78, 5) is 33.4. The third-order valence-electron chi connectivity index (χ3n) is 6.00. The fourth-order valence-corrected chi connectivity index (χ4v) is 4.13. The third kappa shape index (κ3) is 4.76. The molecule has 1 atom stereocenters. The second-order valence-electron chi connectivity index (χ2n) is 8.37. The monoisotopic (exact) mass is 457 g/mol. The molecular weight excluding hydrogens is 429 g/mol. The van der Waals surface area contributed by atoms with Gasteiger partial charge in [0.2, 0.25) is 5.91 Å². The van der Waals surface area contributed by atoms with Crippen LogP contribution in [0, 0.1) is 5.82 Å². The quantitative estimate of drug-likeness (QED) is 0.336. The Labute approximate surface area is 198 Å². The molecule has 0 saturated carbocycles. The number of fused-ring (bicyclic) bond motifs is 1. The molecule has 4 aromatic rings. The van der Waals surface area contributed by atoms with E-state index >= 15 is 0 Å². The van der Waals surface area contributed by atoms with Gasteiger partial charge in [0.25, 0.3) is 5.56 Å². The van der Waals surface area contributed by atoms with E-state index in [0.29, 0.717) is 29.7 Å². The summed E-state index contributed by atoms with van der Waals surface area (Å²) >= 11 is 0. The molecule has 1 aromatic heterocycles. The van der Waals surface area contributed by atoms with Crippen molar-refractivity contribution in [2.45, 2.75) is 45.7 Å². The standard InChI is InChI=1S/C28H28FN3O2/c1-3-4-18-26(33)31(19-21-12-6-5-7-13-21)20(2)27-30-24-16-10-8-14-22(24)28(34)32(27)25-17-11-9-15-23(25)29/h5-17,20H,3-4,18-19H2,1-2H3. The van der Waals surface area contributed by atoms with Gasteiger partial charge in [0.15, 0.2) is 0 Å². The van der Waals surface area contributed by atoms with Crippen LogP contribution < -0.4 is 5.56 Å². The molecule has 0 aliphatic rings. The number of amides is 1. The highest BCUT2D eigenvalue weighted by atomic mass is 19.1. The summed E-state index contributed by atoms with van der Waals surface area (Å²) in [7, 11) is 0. The van der Waals surface area contributed by atoms with Crippen LogP contribution in [0.3, 0.4) is 0 Å². The normalized spacial score (nSPS) is 12.0. The Kier molecular flexibility index (Phi) is 7.16. The molecule has 0 aliphatic carbocycles. The van der Waals surface area contributed by atoms with Gasteiger partial charge in [-0.05, 0) is 43.2 Å². The number of rotatable bonds is 8. The van der Waals surface area contributed by atoms with E-state index in [1.165, 1.54) is 10.6 Å². The summed E-state index contributed by atoms with van der Waals surface area (Å²) in [5, 5.41) is 0.397. The average Bonchev–Trinajstić information content (AvgIpc) is 2.86. The molecule has 0 aliphatic heterocycles. The summed E-state index contributed by atoms with van der Waals surface area (Å²) in [6.45, 7) is 4.25. The Morgan fingerprint density at radius 3 is 2.41 bits per heavy atom. The van der Waals surface area contributed by atoms with E-state index in [9.17, 15) is 14.0 Å². The lowest BCUT2D eigenvalue weighted by Gasteiger charge is -2.31. The third-order valence-corrected chi connectivity index (χ3v) is 6.00. The SMILES string of the molecule is CCCCC(=O)N(Cc1ccccc1)C(C)c1nc2ccccc2c(=O)n1-c1ccccc1F. The maximum atomic E-state index is 14.9. The Morgan fingerprint density at radius 2 is 1.68 bits per heavy atom. The predicted molar refractivity (Wildman–Crippen MR) is 132 cm³/mol. The highest BCUT2D eigenvalue weighted by molar-refractivity contribution is 5.79. The Morgan fingerprint density at radius 1 is 1.00 bits per heavy atom. The van der Waals surface area contributed by atoms with Crippen LogP contribution in [0.5, 0.6) is 0 Å². The van der Waals surface area contributed by atoms with Gasteiger partial charge in [-0.1, -0.05) is 67.9 Å². The lowest BCUT2D eigenvalue weighted by molar-refractivity contribution is -0.134. The van der Waals surface area contributed by atoms with Crippen LogP contribution in [0.4, 0.5) is 4.39 Å². The van der Waals surface area contributed by atoms with Crippen molar-refractivity contribution in [1.82, 2.24) is 14.5 Å². The van der Waals surface area contributed by atoms with Crippen molar-refractivity contribution in [1.29, 1.82) is 0 Å². The number of halogens is 1. The minimum absolute atomic E-state index is 0.0271. The highest BCUT2D eigenvalue weighted by Gasteiger charge is 2.27. The van der Waals surface area contributed by atoms with Gasteiger partial charge in [-0.15, -0.1) is 0 Å². The number of benzene rings is 3. The number of aromatic nitrogens is 2. The molecule has 1 unspecified atom stereocenters. The first-order chi connectivity index (χ1) is 16.5. The van der Waals surface area contributed by atoms with E-state index < -0.39 is 11.9 Å². The predicted octanol–water partition coefficient (Wildman–Crippen LogP) is 5.80. The molecule has 0 saturated heterocycles. The van der Waals surface area contributed by atoms with Crippen LogP contribution in [0.25, 0.3) is 16.6 Å². The van der Waals surface area contributed by atoms with Crippen LogP contribution >= 0.6 is 0 Å². The molecule has 1 amide bonds. The Balaban J connectivity index is 1.90. The lowest BCUT2D eigenvalue weighted by Crippen LogP contribution is -2.37. The first-order valence-corrected chi connectivity index (χ1v) is 11.6. The molecule has 34 heavy (non-hydrogen) atoms. The van der Waals surface area contributed by atoms with E-state index in [0.717, 1.165) is 18.4 Å². The first kappa shape index (κ1) is 23.4. The van der Waals surface area contributed by atoms with E-state index in [4.69, 9.17) is 4.98 Å². The molecule has 0 N–H and O–H groups in total. The van der Waals surface area contributed by atoms with Gasteiger partial charge >= 0.3 is 0 Å². The number of carbonyl (C=O) groups is 1. The Bertz CT molecular complexity index is 1350. The number of hydrogen-bond donors (Lipinski definition) is 0. The van der Waals surface area contributed by atoms with Crippen molar-refractivity contribution in [3.8, 4) is 5.69 Å². The molecule has 1 heterocycles. The zero-order chi connectivity index (χ0) is 24.1. The maximum Gasteiger partial charge on any atom is 0.266 e. The van der Waals surface area contributed by atoms with Crippen molar-refractivity contribution >= 4 is 16.8 Å². The van der Waals surface area contributed by atoms with Crippen molar-refractivity contribution < 1.29 is 9.18 Å². The van der Waals surface area contributed by atoms with Crippen LogP contribution in [-0.2, 0) is 11.3 Å². The lowest BCUT2D eigenvalue weighted by atomic mass is 10.1. The molecule has 3 aromatic carbocycles. The van der Waals surface area contributed by atoms with Crippen molar-refractivity contribution in [3.05, 3.63) is 106 Å². The summed E-state index contributed by atoms with van der Waals surface area (Å²) in [5.41, 5.74) is 1.24. The Hall–Kier alpha value is -3.80. The van der Waals surface area contributed by atoms with Crippen molar-refractivity contribution in [3.63, 3.8) is 0 Å². The molecule has 4 rings (SSSR count). The second-order valence-corrected chi connectivity index (χ2v) is 8.37. The molecule has 0 bridgehead atoms. The van der Waals surface area contributed by atoms with Gasteiger partial charge in [-0.25, -0.2) is 9.37 Å². The zero-order valence-corrected chi connectivity index (χ0v) is 19.4. The number of hydrogen-bond acceptors (Lipinski definition) is 3. The van der Waals surface area contributed by atoms with Crippen molar-refractivity contribution in [2.75, 3.05) is 0 Å². The van der Waals surface area contributed by atoms with Gasteiger partial charge in [0.1, 0.15) is 11.6 Å². The van der Waals surface area contributed by atoms with E-state index in [2.05, 4.69) is 0 Å². The minimum Gasteiger partial charge on any atom is -0.328 e. The summed E-state index contributed by atoms with van der Waals surface area (Å²) in [6, 6.07) is 22.3. The molecule has 5 nitrogen and oxygen atoms in total. The number of para-hydroxylation sites is 2. The fraction of sp³-hybridized carbons (Fsp3) is 0.250. The van der Waals surface area contributed by atoms with Crippen LogP contribution in [-0.4, -0.2) is 20.4 Å². The molecule has 0 radical (unpaired) electrons. The van der Waals surface area contributed by atoms with Gasteiger partial charge < -0.3 is 4.90 Å².